The monoisotopic (exact) mass is 271 g/mol. The van der Waals surface area contributed by atoms with Gasteiger partial charge in [0.25, 0.3) is 0 Å². The van der Waals surface area contributed by atoms with Gasteiger partial charge in [0.15, 0.2) is 0 Å². The predicted octanol–water partition coefficient (Wildman–Crippen LogP) is 2.39. The number of aliphatic carboxylic acids is 1. The highest BCUT2D eigenvalue weighted by atomic mass is 35.5. The molecule has 0 saturated heterocycles. The molecule has 1 rings (SSSR count). The van der Waals surface area contributed by atoms with E-state index in [0.717, 1.165) is 16.9 Å². The van der Waals surface area contributed by atoms with Crippen molar-refractivity contribution in [1.82, 2.24) is 0 Å². The first kappa shape index (κ1) is 14.8. The van der Waals surface area contributed by atoms with Gasteiger partial charge < -0.3 is 15.6 Å². The molecule has 1 unspecified atom stereocenters. The first-order valence-corrected chi connectivity index (χ1v) is 6.15. The molecule has 4 nitrogen and oxygen atoms in total. The van der Waals surface area contributed by atoms with E-state index < -0.39 is 12.0 Å². The molecule has 0 heterocycles. The Morgan fingerprint density at radius 3 is 2.78 bits per heavy atom. The number of carbonyl (C=O) groups is 1. The van der Waals surface area contributed by atoms with E-state index in [1.807, 2.05) is 19.1 Å². The van der Waals surface area contributed by atoms with Crippen LogP contribution >= 0.6 is 11.6 Å². The van der Waals surface area contributed by atoms with Crippen LogP contribution in [0.15, 0.2) is 12.1 Å². The lowest BCUT2D eigenvalue weighted by Gasteiger charge is -2.12. The first-order valence-electron chi connectivity index (χ1n) is 5.77. The number of aryl methyl sites for hydroxylation is 2. The summed E-state index contributed by atoms with van der Waals surface area (Å²) >= 11 is 6.00. The molecule has 18 heavy (non-hydrogen) atoms. The van der Waals surface area contributed by atoms with Gasteiger partial charge in [0.2, 0.25) is 0 Å². The summed E-state index contributed by atoms with van der Waals surface area (Å²) in [4.78, 5) is 10.6. The largest absolute Gasteiger partial charge is 0.496 e. The summed E-state index contributed by atoms with van der Waals surface area (Å²) in [5, 5.41) is 9.36. The van der Waals surface area contributed by atoms with E-state index >= 15 is 0 Å². The maximum atomic E-state index is 10.6. The van der Waals surface area contributed by atoms with E-state index in [-0.39, 0.29) is 0 Å². The molecule has 0 aromatic heterocycles. The van der Waals surface area contributed by atoms with Crippen molar-refractivity contribution in [3.8, 4) is 5.75 Å². The van der Waals surface area contributed by atoms with Gasteiger partial charge >= 0.3 is 5.97 Å². The number of benzene rings is 1. The molecule has 0 saturated carbocycles. The minimum absolute atomic E-state index is 0.435. The second-order valence-corrected chi connectivity index (χ2v) is 4.69. The van der Waals surface area contributed by atoms with Crippen LogP contribution in [0.3, 0.4) is 0 Å². The first-order chi connectivity index (χ1) is 8.45. The summed E-state index contributed by atoms with van der Waals surface area (Å²) in [5.41, 5.74) is 7.41. The second kappa shape index (κ2) is 6.61. The third-order valence-corrected chi connectivity index (χ3v) is 3.02. The molecule has 1 aromatic rings. The number of carboxylic acids is 1. The fourth-order valence-electron chi connectivity index (χ4n) is 1.91. The van der Waals surface area contributed by atoms with E-state index in [0.29, 0.717) is 24.3 Å². The van der Waals surface area contributed by atoms with Crippen LogP contribution in [0.4, 0.5) is 0 Å². The highest BCUT2D eigenvalue weighted by Gasteiger charge is 2.12. The average Bonchev–Trinajstić information content (AvgIpc) is 2.28. The van der Waals surface area contributed by atoms with Gasteiger partial charge in [0.1, 0.15) is 11.8 Å². The molecule has 0 aliphatic rings. The van der Waals surface area contributed by atoms with Crippen molar-refractivity contribution in [2.24, 2.45) is 5.73 Å². The maximum absolute atomic E-state index is 10.6. The van der Waals surface area contributed by atoms with E-state index in [1.165, 1.54) is 0 Å². The molecule has 0 aliphatic carbocycles. The predicted molar refractivity (Wildman–Crippen MR) is 71.3 cm³/mol. The van der Waals surface area contributed by atoms with Crippen LogP contribution in [0, 0.1) is 6.92 Å². The van der Waals surface area contributed by atoms with E-state index in [1.54, 1.807) is 7.11 Å². The van der Waals surface area contributed by atoms with Crippen molar-refractivity contribution in [2.45, 2.75) is 32.2 Å². The number of halogens is 1. The summed E-state index contributed by atoms with van der Waals surface area (Å²) in [6.45, 7) is 1.93. The summed E-state index contributed by atoms with van der Waals surface area (Å²) in [6.07, 6.45) is 1.82. The zero-order valence-corrected chi connectivity index (χ0v) is 11.3. The molecule has 0 spiro atoms. The van der Waals surface area contributed by atoms with Crippen molar-refractivity contribution in [2.75, 3.05) is 7.11 Å². The molecule has 0 aliphatic heterocycles. The fourth-order valence-corrected chi connectivity index (χ4v) is 2.21. The molecule has 100 valence electrons. The normalized spacial score (nSPS) is 12.2. The zero-order valence-electron chi connectivity index (χ0n) is 10.6. The topological polar surface area (TPSA) is 72.5 Å². The molecular weight excluding hydrogens is 254 g/mol. The van der Waals surface area contributed by atoms with Crippen molar-refractivity contribution in [1.29, 1.82) is 0 Å². The highest BCUT2D eigenvalue weighted by molar-refractivity contribution is 6.30. The van der Waals surface area contributed by atoms with Gasteiger partial charge in [-0.1, -0.05) is 11.6 Å². The van der Waals surface area contributed by atoms with Crippen LogP contribution in [0.1, 0.15) is 24.0 Å². The summed E-state index contributed by atoms with van der Waals surface area (Å²) in [6, 6.07) is 2.88. The molecule has 0 bridgehead atoms. The Morgan fingerprint density at radius 1 is 1.56 bits per heavy atom. The van der Waals surface area contributed by atoms with Gasteiger partial charge in [-0.25, -0.2) is 0 Å². The Bertz CT molecular complexity index is 434. The number of hydrogen-bond acceptors (Lipinski definition) is 3. The van der Waals surface area contributed by atoms with E-state index in [9.17, 15) is 4.79 Å². The third-order valence-electron chi connectivity index (χ3n) is 2.80. The Balaban J connectivity index is 2.69. The van der Waals surface area contributed by atoms with E-state index in [4.69, 9.17) is 27.2 Å². The van der Waals surface area contributed by atoms with E-state index in [2.05, 4.69) is 0 Å². The molecule has 5 heteroatoms. The van der Waals surface area contributed by atoms with Gasteiger partial charge in [-0.3, -0.25) is 4.79 Å². The van der Waals surface area contributed by atoms with Crippen molar-refractivity contribution < 1.29 is 14.6 Å². The van der Waals surface area contributed by atoms with Crippen LogP contribution in [-0.4, -0.2) is 24.2 Å². The zero-order chi connectivity index (χ0) is 13.7. The lowest BCUT2D eigenvalue weighted by molar-refractivity contribution is -0.138. The minimum atomic E-state index is -0.968. The number of methoxy groups -OCH3 is 1. The van der Waals surface area contributed by atoms with Crippen LogP contribution in [0.25, 0.3) is 0 Å². The lowest BCUT2D eigenvalue weighted by Crippen LogP contribution is -2.29. The number of rotatable bonds is 6. The number of hydrogen-bond donors (Lipinski definition) is 2. The van der Waals surface area contributed by atoms with Gasteiger partial charge in [-0.15, -0.1) is 0 Å². The van der Waals surface area contributed by atoms with Crippen LogP contribution in [-0.2, 0) is 11.2 Å². The molecule has 3 N–H and O–H groups in total. The van der Waals surface area contributed by atoms with Gasteiger partial charge in [-0.2, -0.15) is 0 Å². The van der Waals surface area contributed by atoms with Crippen LogP contribution < -0.4 is 10.5 Å². The Morgan fingerprint density at radius 2 is 2.22 bits per heavy atom. The van der Waals surface area contributed by atoms with Crippen molar-refractivity contribution in [3.63, 3.8) is 0 Å². The summed E-state index contributed by atoms with van der Waals surface area (Å²) in [7, 11) is 1.61. The molecule has 1 aromatic carbocycles. The third kappa shape index (κ3) is 3.89. The van der Waals surface area contributed by atoms with Crippen LogP contribution in [0.2, 0.25) is 5.02 Å². The highest BCUT2D eigenvalue weighted by Crippen LogP contribution is 2.28. The summed E-state index contributed by atoms with van der Waals surface area (Å²) in [5.74, 6) is -0.160. The molecule has 0 fully saturated rings. The Kier molecular flexibility index (Phi) is 5.44. The van der Waals surface area contributed by atoms with Crippen molar-refractivity contribution >= 4 is 17.6 Å². The standard InChI is InChI=1S/C13H18ClNO3/c1-8-6-10(14)7-9(12(8)18-2)4-3-5-11(15)13(16)17/h6-7,11H,3-5,15H2,1-2H3,(H,16,17). The Hall–Kier alpha value is -1.26. The smallest absolute Gasteiger partial charge is 0.320 e. The lowest BCUT2D eigenvalue weighted by atomic mass is 10.0. The minimum Gasteiger partial charge on any atom is -0.496 e. The Labute approximate surface area is 112 Å². The van der Waals surface area contributed by atoms with Gasteiger partial charge in [0.05, 0.1) is 7.11 Å². The van der Waals surface area contributed by atoms with Gasteiger partial charge in [-0.05, 0) is 49.4 Å². The molecule has 1 atom stereocenters. The molecule has 0 amide bonds. The SMILES string of the molecule is COc1c(C)cc(Cl)cc1CCCC(N)C(=O)O. The fraction of sp³-hybridized carbons (Fsp3) is 0.462. The second-order valence-electron chi connectivity index (χ2n) is 4.25. The number of nitrogens with two attached hydrogens (primary N) is 1. The average molecular weight is 272 g/mol. The maximum Gasteiger partial charge on any atom is 0.320 e. The van der Waals surface area contributed by atoms with Crippen molar-refractivity contribution in [3.05, 3.63) is 28.3 Å². The molecule has 0 radical (unpaired) electrons. The summed E-state index contributed by atoms with van der Waals surface area (Å²) < 4.78 is 5.33. The number of carboxylic acid groups (broad SMARTS) is 1. The van der Waals surface area contributed by atoms with Gasteiger partial charge in [0, 0.05) is 5.02 Å². The molecular formula is C13H18ClNO3. The quantitative estimate of drug-likeness (QED) is 0.833. The number of ether oxygens (including phenoxy) is 1. The van der Waals surface area contributed by atoms with Crippen LogP contribution in [0.5, 0.6) is 5.75 Å².